The minimum atomic E-state index is -0.524. The van der Waals surface area contributed by atoms with Crippen molar-refractivity contribution in [2.24, 2.45) is 5.73 Å². The van der Waals surface area contributed by atoms with Crippen molar-refractivity contribution in [3.05, 3.63) is 42.4 Å². The van der Waals surface area contributed by atoms with E-state index < -0.39 is 5.91 Å². The fourth-order valence-electron chi connectivity index (χ4n) is 1.84. The van der Waals surface area contributed by atoms with Crippen LogP contribution in [0.1, 0.15) is 16.1 Å². The lowest BCUT2D eigenvalue weighted by atomic mass is 10.2. The van der Waals surface area contributed by atoms with Crippen molar-refractivity contribution in [2.45, 2.75) is 6.92 Å². The molecule has 3 aromatic rings. The van der Waals surface area contributed by atoms with Crippen molar-refractivity contribution in [3.63, 3.8) is 0 Å². The molecule has 0 saturated heterocycles. The maximum atomic E-state index is 11.2. The fourth-order valence-corrected chi connectivity index (χ4v) is 1.84. The molecule has 19 heavy (non-hydrogen) atoms. The number of aryl methyl sites for hydroxylation is 1. The summed E-state index contributed by atoms with van der Waals surface area (Å²) in [6.45, 7) is 1.86. The maximum Gasteiger partial charge on any atom is 0.250 e. The van der Waals surface area contributed by atoms with Crippen LogP contribution in [-0.2, 0) is 0 Å². The van der Waals surface area contributed by atoms with Gasteiger partial charge in [-0.3, -0.25) is 14.3 Å². The van der Waals surface area contributed by atoms with Crippen LogP contribution in [0.3, 0.4) is 0 Å². The summed E-state index contributed by atoms with van der Waals surface area (Å²) in [4.78, 5) is 27.7. The first kappa shape index (κ1) is 11.3. The highest BCUT2D eigenvalue weighted by atomic mass is 16.1. The van der Waals surface area contributed by atoms with Crippen LogP contribution in [-0.4, -0.2) is 30.4 Å². The second kappa shape index (κ2) is 4.13. The number of rotatable bonds is 2. The Bertz CT molecular complexity index is 779. The number of hydrogen-bond donors (Lipinski definition) is 1. The quantitative estimate of drug-likeness (QED) is 0.722. The SMILES string of the molecule is Cc1ncnc2c1ncn2-c1cncc(C(N)=O)c1. The molecule has 0 unspecified atom stereocenters. The van der Waals surface area contributed by atoms with E-state index in [0.29, 0.717) is 22.4 Å². The van der Waals surface area contributed by atoms with Gasteiger partial charge in [0.05, 0.1) is 23.1 Å². The lowest BCUT2D eigenvalue weighted by molar-refractivity contribution is 0.1000. The number of imidazole rings is 1. The average molecular weight is 254 g/mol. The van der Waals surface area contributed by atoms with Crippen molar-refractivity contribution < 1.29 is 4.79 Å². The summed E-state index contributed by atoms with van der Waals surface area (Å²) in [5.74, 6) is -0.524. The van der Waals surface area contributed by atoms with E-state index in [9.17, 15) is 4.79 Å². The highest BCUT2D eigenvalue weighted by molar-refractivity contribution is 5.93. The first-order chi connectivity index (χ1) is 9.16. The zero-order chi connectivity index (χ0) is 13.4. The van der Waals surface area contributed by atoms with Gasteiger partial charge in [0.2, 0.25) is 5.91 Å². The number of pyridine rings is 1. The maximum absolute atomic E-state index is 11.2. The monoisotopic (exact) mass is 254 g/mol. The van der Waals surface area contributed by atoms with Crippen LogP contribution >= 0.6 is 0 Å². The van der Waals surface area contributed by atoms with Gasteiger partial charge in [-0.1, -0.05) is 0 Å². The third kappa shape index (κ3) is 1.81. The molecule has 0 aliphatic rings. The minimum Gasteiger partial charge on any atom is -0.366 e. The molecule has 2 N–H and O–H groups in total. The van der Waals surface area contributed by atoms with E-state index >= 15 is 0 Å². The van der Waals surface area contributed by atoms with Crippen molar-refractivity contribution in [1.82, 2.24) is 24.5 Å². The van der Waals surface area contributed by atoms with E-state index in [0.717, 1.165) is 5.69 Å². The van der Waals surface area contributed by atoms with Crippen LogP contribution in [0.15, 0.2) is 31.1 Å². The second-order valence-electron chi connectivity index (χ2n) is 4.04. The molecule has 0 atom stereocenters. The summed E-state index contributed by atoms with van der Waals surface area (Å²) >= 11 is 0. The Morgan fingerprint density at radius 1 is 1.26 bits per heavy atom. The predicted molar refractivity (Wildman–Crippen MR) is 67.7 cm³/mol. The number of amides is 1. The van der Waals surface area contributed by atoms with E-state index in [1.807, 2.05) is 6.92 Å². The zero-order valence-corrected chi connectivity index (χ0v) is 10.1. The van der Waals surface area contributed by atoms with Gasteiger partial charge in [0, 0.05) is 6.20 Å². The van der Waals surface area contributed by atoms with E-state index in [2.05, 4.69) is 19.9 Å². The number of nitrogens with two attached hydrogens (primary N) is 1. The molecule has 0 radical (unpaired) electrons. The van der Waals surface area contributed by atoms with Gasteiger partial charge in [-0.15, -0.1) is 0 Å². The molecular formula is C12H10N6O. The Morgan fingerprint density at radius 2 is 2.11 bits per heavy atom. The molecule has 1 amide bonds. The van der Waals surface area contributed by atoms with E-state index in [4.69, 9.17) is 5.73 Å². The molecule has 0 aromatic carbocycles. The fraction of sp³-hybridized carbons (Fsp3) is 0.0833. The molecule has 0 saturated carbocycles. The predicted octanol–water partition coefficient (Wildman–Crippen LogP) is 0.618. The van der Waals surface area contributed by atoms with Crippen LogP contribution in [0.5, 0.6) is 0 Å². The Kier molecular flexibility index (Phi) is 2.45. The third-order valence-electron chi connectivity index (χ3n) is 2.80. The highest BCUT2D eigenvalue weighted by Gasteiger charge is 2.10. The molecule has 0 aliphatic carbocycles. The van der Waals surface area contributed by atoms with Crippen LogP contribution < -0.4 is 5.73 Å². The number of fused-ring (bicyclic) bond motifs is 1. The Balaban J connectivity index is 2.22. The van der Waals surface area contributed by atoms with Gasteiger partial charge in [0.25, 0.3) is 0 Å². The number of aromatic nitrogens is 5. The summed E-state index contributed by atoms with van der Waals surface area (Å²) in [6, 6.07) is 1.65. The molecule has 3 rings (SSSR count). The summed E-state index contributed by atoms with van der Waals surface area (Å²) in [6.07, 6.45) is 6.13. The minimum absolute atomic E-state index is 0.338. The Morgan fingerprint density at radius 3 is 2.89 bits per heavy atom. The third-order valence-corrected chi connectivity index (χ3v) is 2.80. The summed E-state index contributed by atoms with van der Waals surface area (Å²) in [5, 5.41) is 0. The van der Waals surface area contributed by atoms with Crippen LogP contribution in [0, 0.1) is 6.92 Å². The van der Waals surface area contributed by atoms with Gasteiger partial charge in [0.1, 0.15) is 18.2 Å². The molecule has 0 spiro atoms. The molecule has 0 aliphatic heterocycles. The lowest BCUT2D eigenvalue weighted by Gasteiger charge is -2.04. The van der Waals surface area contributed by atoms with Gasteiger partial charge in [-0.2, -0.15) is 0 Å². The van der Waals surface area contributed by atoms with Crippen LogP contribution in [0.2, 0.25) is 0 Å². The summed E-state index contributed by atoms with van der Waals surface area (Å²) in [7, 11) is 0. The van der Waals surface area contributed by atoms with Crippen molar-refractivity contribution in [3.8, 4) is 5.69 Å². The normalized spacial score (nSPS) is 10.8. The summed E-state index contributed by atoms with van der Waals surface area (Å²) < 4.78 is 1.74. The number of hydrogen-bond acceptors (Lipinski definition) is 5. The molecular weight excluding hydrogens is 244 g/mol. The molecule has 0 bridgehead atoms. The molecule has 7 nitrogen and oxygen atoms in total. The van der Waals surface area contributed by atoms with Gasteiger partial charge in [0.15, 0.2) is 5.65 Å². The topological polar surface area (TPSA) is 99.6 Å². The van der Waals surface area contributed by atoms with Crippen LogP contribution in [0.25, 0.3) is 16.9 Å². The smallest absolute Gasteiger partial charge is 0.250 e. The molecule has 94 valence electrons. The van der Waals surface area contributed by atoms with E-state index in [1.54, 1.807) is 23.2 Å². The first-order valence-electron chi connectivity index (χ1n) is 5.56. The molecule has 7 heteroatoms. The molecule has 0 fully saturated rings. The lowest BCUT2D eigenvalue weighted by Crippen LogP contribution is -2.11. The van der Waals surface area contributed by atoms with Gasteiger partial charge >= 0.3 is 0 Å². The largest absolute Gasteiger partial charge is 0.366 e. The van der Waals surface area contributed by atoms with Crippen molar-refractivity contribution in [2.75, 3.05) is 0 Å². The van der Waals surface area contributed by atoms with Crippen LogP contribution in [0.4, 0.5) is 0 Å². The van der Waals surface area contributed by atoms with Crippen molar-refractivity contribution in [1.29, 1.82) is 0 Å². The Hall–Kier alpha value is -2.83. The Labute approximate surface area is 108 Å². The number of nitrogens with zero attached hydrogens (tertiary/aromatic N) is 5. The van der Waals surface area contributed by atoms with Gasteiger partial charge < -0.3 is 5.73 Å². The molecule has 3 aromatic heterocycles. The second-order valence-corrected chi connectivity index (χ2v) is 4.04. The average Bonchev–Trinajstić information content (AvgIpc) is 2.84. The number of carbonyl (C=O) groups is 1. The number of primary amides is 1. The summed E-state index contributed by atoms with van der Waals surface area (Å²) in [5.41, 5.74) is 8.43. The van der Waals surface area contributed by atoms with Crippen molar-refractivity contribution >= 4 is 17.1 Å². The standard InChI is InChI=1S/C12H10N6O/c1-7-10-12(16-5-15-7)18(6-17-10)9-2-8(11(13)19)3-14-4-9/h2-6H,1H3,(H2,13,19). The van der Waals surface area contributed by atoms with Gasteiger partial charge in [-0.25, -0.2) is 15.0 Å². The molecule has 3 heterocycles. The van der Waals surface area contributed by atoms with E-state index in [-0.39, 0.29) is 0 Å². The van der Waals surface area contributed by atoms with E-state index in [1.165, 1.54) is 12.5 Å². The van der Waals surface area contributed by atoms with Gasteiger partial charge in [-0.05, 0) is 13.0 Å². The number of carbonyl (C=O) groups excluding carboxylic acids is 1. The highest BCUT2D eigenvalue weighted by Crippen LogP contribution is 2.17. The zero-order valence-electron chi connectivity index (χ0n) is 10.1. The first-order valence-corrected chi connectivity index (χ1v) is 5.56.